The van der Waals surface area contributed by atoms with Crippen LogP contribution in [-0.2, 0) is 42.2 Å². The topological polar surface area (TPSA) is 78.7 Å². The summed E-state index contributed by atoms with van der Waals surface area (Å²) in [6.45, 7) is -0.400. The van der Waals surface area contributed by atoms with Crippen LogP contribution in [0.15, 0.2) is 42.5 Å². The van der Waals surface area contributed by atoms with Gasteiger partial charge >= 0.3 is 5.97 Å². The van der Waals surface area contributed by atoms with Gasteiger partial charge in [-0.1, -0.05) is 18.2 Å². The number of ether oxygens (including phenoxy) is 2. The molecule has 0 amide bonds. The Morgan fingerprint density at radius 1 is 1.29 bits per heavy atom. The van der Waals surface area contributed by atoms with Gasteiger partial charge in [0.05, 0.1) is 13.0 Å². The Kier molecular flexibility index (Phi) is 6.07. The number of carbonyl (C=O) groups excluding carboxylic acids is 1. The third-order valence-corrected chi connectivity index (χ3v) is 3.93. The number of hydrogen-bond donors (Lipinski definition) is 0. The second kappa shape index (κ2) is 7.86. The van der Waals surface area contributed by atoms with E-state index in [0.717, 1.165) is 0 Å². The molecule has 0 N–H and O–H groups in total. The number of benzene rings is 2. The third-order valence-electron chi connectivity index (χ3n) is 3.93. The van der Waals surface area contributed by atoms with Gasteiger partial charge in [-0.3, -0.25) is 14.9 Å². The molecular weight excluding hydrogens is 387 g/mol. The number of hydrogen-bond acceptors (Lipinski definition) is 5. The number of carbonyl (C=O) groups is 1. The fraction of sp³-hybridized carbons (Fsp3) is 0.235. The maximum Gasteiger partial charge on any atom is 0.313 e. The number of methoxy groups -OCH3 is 1. The van der Waals surface area contributed by atoms with Crippen LogP contribution < -0.4 is 4.74 Å². The van der Waals surface area contributed by atoms with Crippen molar-refractivity contribution in [3.63, 3.8) is 0 Å². The van der Waals surface area contributed by atoms with Gasteiger partial charge in [-0.25, -0.2) is 0 Å². The van der Waals surface area contributed by atoms with Crippen LogP contribution in [0, 0.1) is 16.2 Å². The van der Waals surface area contributed by atoms with E-state index >= 15 is 0 Å². The van der Waals surface area contributed by atoms with Crippen LogP contribution in [0.3, 0.4) is 0 Å². The molecule has 0 saturated heterocycles. The first kappa shape index (κ1) is 18.6. The number of para-hydroxylation sites is 1. The maximum absolute atomic E-state index is 12.4. The van der Waals surface area contributed by atoms with Crippen molar-refractivity contribution in [2.75, 3.05) is 13.7 Å². The molecule has 1 heterocycles. The number of rotatable bonds is 3. The molecule has 0 bridgehead atoms. The van der Waals surface area contributed by atoms with Gasteiger partial charge in [-0.15, -0.1) is 11.6 Å². The van der Waals surface area contributed by atoms with Crippen molar-refractivity contribution < 1.29 is 51.9 Å². The number of fused-ring (bicyclic) bond motifs is 2. The van der Waals surface area contributed by atoms with E-state index in [9.17, 15) is 14.9 Å². The molecule has 0 fully saturated rings. The van der Waals surface area contributed by atoms with Crippen LogP contribution in [0.2, 0.25) is 0 Å². The number of nitro groups is 1. The molecule has 0 aromatic heterocycles. The summed E-state index contributed by atoms with van der Waals surface area (Å²) in [5.41, 5.74) is 1.17. The van der Waals surface area contributed by atoms with Gasteiger partial charge in [-0.05, 0) is 6.07 Å². The van der Waals surface area contributed by atoms with E-state index in [2.05, 4.69) is 6.07 Å². The fourth-order valence-electron chi connectivity index (χ4n) is 2.94. The SMILES string of the molecule is COC(=O)[C@@H]1c2ccccc2Oc2cc[c-]cc2[C@H]1C[N+](=O)[O-].[Y]. The summed E-state index contributed by atoms with van der Waals surface area (Å²) in [6.07, 6.45) is 0. The van der Waals surface area contributed by atoms with Crippen LogP contribution in [0.25, 0.3) is 0 Å². The summed E-state index contributed by atoms with van der Waals surface area (Å²) in [7, 11) is 1.28. The van der Waals surface area contributed by atoms with Crippen molar-refractivity contribution in [2.24, 2.45) is 0 Å². The van der Waals surface area contributed by atoms with Crippen LogP contribution in [-0.4, -0.2) is 24.5 Å². The van der Waals surface area contributed by atoms with Crippen molar-refractivity contribution in [3.8, 4) is 11.5 Å². The Morgan fingerprint density at radius 2 is 2.00 bits per heavy atom. The predicted molar refractivity (Wildman–Crippen MR) is 81.2 cm³/mol. The Balaban J connectivity index is 0.00000208. The number of nitrogens with zero attached hydrogens (tertiary/aromatic N) is 1. The normalized spacial score (nSPS) is 18.0. The quantitative estimate of drug-likeness (QED) is 0.342. The van der Waals surface area contributed by atoms with Gasteiger partial charge in [0.25, 0.3) is 0 Å². The first-order valence-electron chi connectivity index (χ1n) is 7.08. The third kappa shape index (κ3) is 3.49. The fourth-order valence-corrected chi connectivity index (χ4v) is 2.94. The summed E-state index contributed by atoms with van der Waals surface area (Å²) in [6, 6.07) is 14.9. The van der Waals surface area contributed by atoms with Crippen molar-refractivity contribution in [1.29, 1.82) is 0 Å². The Hall–Kier alpha value is -1.79. The Labute approximate surface area is 164 Å². The van der Waals surface area contributed by atoms with Crippen LogP contribution in [0.5, 0.6) is 11.5 Å². The van der Waals surface area contributed by atoms with Gasteiger partial charge in [-0.2, -0.15) is 18.2 Å². The van der Waals surface area contributed by atoms with Crippen molar-refractivity contribution in [3.05, 3.63) is 69.8 Å². The molecule has 2 atom stereocenters. The first-order valence-corrected chi connectivity index (χ1v) is 7.08. The van der Waals surface area contributed by atoms with E-state index in [1.165, 1.54) is 7.11 Å². The van der Waals surface area contributed by atoms with Crippen LogP contribution in [0.1, 0.15) is 23.0 Å². The molecule has 2 aromatic rings. The predicted octanol–water partition coefficient (Wildman–Crippen LogP) is 2.91. The van der Waals surface area contributed by atoms with Gasteiger partial charge < -0.3 is 9.47 Å². The van der Waals surface area contributed by atoms with Crippen LogP contribution in [0.4, 0.5) is 0 Å². The minimum atomic E-state index is -0.807. The van der Waals surface area contributed by atoms with Gasteiger partial charge in [0, 0.05) is 54.9 Å². The van der Waals surface area contributed by atoms with Gasteiger partial charge in [0.2, 0.25) is 6.54 Å². The molecule has 7 heteroatoms. The molecule has 1 aliphatic heterocycles. The molecule has 2 aromatic carbocycles. The zero-order valence-corrected chi connectivity index (χ0v) is 15.8. The smallest absolute Gasteiger partial charge is 0.313 e. The summed E-state index contributed by atoms with van der Waals surface area (Å²) < 4.78 is 10.8. The molecule has 6 nitrogen and oxygen atoms in total. The second-order valence-electron chi connectivity index (χ2n) is 5.23. The van der Waals surface area contributed by atoms with E-state index < -0.39 is 29.3 Å². The van der Waals surface area contributed by atoms with Gasteiger partial charge in [0.1, 0.15) is 5.75 Å². The largest absolute Gasteiger partial charge is 0.482 e. The minimum absolute atomic E-state index is 0. The molecule has 1 radical (unpaired) electrons. The van der Waals surface area contributed by atoms with Crippen molar-refractivity contribution >= 4 is 5.97 Å². The van der Waals surface area contributed by atoms with Crippen molar-refractivity contribution in [2.45, 2.75) is 11.8 Å². The monoisotopic (exact) mass is 401 g/mol. The molecule has 0 aliphatic carbocycles. The summed E-state index contributed by atoms with van der Waals surface area (Å²) in [4.78, 5) is 23.1. The Morgan fingerprint density at radius 3 is 2.71 bits per heavy atom. The summed E-state index contributed by atoms with van der Waals surface area (Å²) >= 11 is 0. The standard InChI is InChI=1S/C17H14NO5.Y/c1-22-17(19)16-12-7-3-5-9-15(12)23-14-8-4-2-6-11(14)13(16)10-18(20)21;/h3-9,13,16H,10H2,1H3;/q-1;/t13-,16-;/m1./s1. The second-order valence-corrected chi connectivity index (χ2v) is 5.23. The summed E-state index contributed by atoms with van der Waals surface area (Å²) in [5.74, 6) is -1.02. The zero-order valence-electron chi connectivity index (χ0n) is 13.0. The van der Waals surface area contributed by atoms with Crippen LogP contribution >= 0.6 is 0 Å². The average Bonchev–Trinajstić information content (AvgIpc) is 2.68. The molecule has 0 spiro atoms. The van der Waals surface area contributed by atoms with E-state index in [1.807, 2.05) is 0 Å². The van der Waals surface area contributed by atoms with E-state index in [0.29, 0.717) is 22.6 Å². The van der Waals surface area contributed by atoms with E-state index in [4.69, 9.17) is 9.47 Å². The zero-order chi connectivity index (χ0) is 16.4. The average molecular weight is 401 g/mol. The van der Waals surface area contributed by atoms with Gasteiger partial charge in [0.15, 0.2) is 0 Å². The maximum atomic E-state index is 12.4. The molecule has 0 unspecified atom stereocenters. The molecular formula is C17H14NO5Y-. The summed E-state index contributed by atoms with van der Waals surface area (Å²) in [5, 5.41) is 11.2. The molecule has 121 valence electrons. The Bertz CT molecular complexity index is 764. The molecule has 1 aliphatic rings. The first-order chi connectivity index (χ1) is 11.1. The molecule has 3 rings (SSSR count). The molecule has 0 saturated carbocycles. The number of esters is 1. The molecule has 24 heavy (non-hydrogen) atoms. The van der Waals surface area contributed by atoms with Crippen molar-refractivity contribution in [1.82, 2.24) is 0 Å². The van der Waals surface area contributed by atoms with E-state index in [1.54, 1.807) is 42.5 Å². The van der Waals surface area contributed by atoms with E-state index in [-0.39, 0.29) is 32.7 Å². The minimum Gasteiger partial charge on any atom is -0.482 e.